The lowest BCUT2D eigenvalue weighted by Crippen LogP contribution is -2.15. The van der Waals surface area contributed by atoms with Crippen molar-refractivity contribution in [3.8, 4) is 5.95 Å². The standard InChI is InChI=1S/C7H9N7O/c1-3-2-4(15)11-7(10-3)14-6(9)12-5(8)13-14/h2H,1H3,(H,10,11,15)(H4,8,9,12,13). The molecule has 5 N–H and O–H groups in total. The number of aryl methyl sites for hydroxylation is 1. The maximum atomic E-state index is 11.2. The number of aromatic nitrogens is 5. The number of nitrogens with zero attached hydrogens (tertiary/aromatic N) is 4. The highest BCUT2D eigenvalue weighted by molar-refractivity contribution is 5.32. The molecule has 2 aromatic heterocycles. The lowest BCUT2D eigenvalue weighted by atomic mass is 10.4. The van der Waals surface area contributed by atoms with Gasteiger partial charge in [0, 0.05) is 11.8 Å². The Kier molecular flexibility index (Phi) is 1.89. The maximum Gasteiger partial charge on any atom is 0.252 e. The summed E-state index contributed by atoms with van der Waals surface area (Å²) in [6.07, 6.45) is 0. The van der Waals surface area contributed by atoms with Crippen molar-refractivity contribution in [2.75, 3.05) is 11.5 Å². The van der Waals surface area contributed by atoms with Gasteiger partial charge < -0.3 is 11.5 Å². The topological polar surface area (TPSA) is 128 Å². The van der Waals surface area contributed by atoms with Crippen LogP contribution in [-0.4, -0.2) is 24.7 Å². The first-order valence-electron chi connectivity index (χ1n) is 4.12. The Morgan fingerprint density at radius 3 is 2.67 bits per heavy atom. The third-order valence-electron chi connectivity index (χ3n) is 1.71. The molecular formula is C7H9N7O. The van der Waals surface area contributed by atoms with Gasteiger partial charge in [-0.2, -0.15) is 9.67 Å². The van der Waals surface area contributed by atoms with Crippen LogP contribution < -0.4 is 17.0 Å². The van der Waals surface area contributed by atoms with Crippen LogP contribution in [0.2, 0.25) is 0 Å². The predicted octanol–water partition coefficient (Wildman–Crippen LogP) is -1.18. The fourth-order valence-electron chi connectivity index (χ4n) is 1.16. The minimum absolute atomic E-state index is 0.0247. The molecule has 2 heterocycles. The Morgan fingerprint density at radius 2 is 2.13 bits per heavy atom. The molecular weight excluding hydrogens is 198 g/mol. The Hall–Kier alpha value is -2.38. The molecule has 2 aromatic rings. The van der Waals surface area contributed by atoms with Crippen molar-refractivity contribution in [3.05, 3.63) is 22.1 Å². The van der Waals surface area contributed by atoms with Crippen molar-refractivity contribution in [1.29, 1.82) is 0 Å². The summed E-state index contributed by atoms with van der Waals surface area (Å²) >= 11 is 0. The molecule has 8 heteroatoms. The first-order valence-corrected chi connectivity index (χ1v) is 4.12. The molecule has 0 saturated carbocycles. The normalized spacial score (nSPS) is 10.5. The zero-order valence-electron chi connectivity index (χ0n) is 7.93. The summed E-state index contributed by atoms with van der Waals surface area (Å²) in [4.78, 5) is 21.4. The van der Waals surface area contributed by atoms with Gasteiger partial charge in [0.15, 0.2) is 0 Å². The van der Waals surface area contributed by atoms with Crippen molar-refractivity contribution in [2.24, 2.45) is 0 Å². The van der Waals surface area contributed by atoms with Gasteiger partial charge in [-0.15, -0.1) is 5.10 Å². The SMILES string of the molecule is Cc1cc(=O)[nH]c(-n2nc(N)nc2N)n1. The highest BCUT2D eigenvalue weighted by Gasteiger charge is 2.08. The van der Waals surface area contributed by atoms with Gasteiger partial charge in [-0.05, 0) is 6.92 Å². The molecule has 0 spiro atoms. The number of nitrogen functional groups attached to an aromatic ring is 2. The van der Waals surface area contributed by atoms with E-state index >= 15 is 0 Å². The largest absolute Gasteiger partial charge is 0.368 e. The summed E-state index contributed by atoms with van der Waals surface area (Å²) in [7, 11) is 0. The second kappa shape index (κ2) is 3.08. The minimum atomic E-state index is -0.286. The van der Waals surface area contributed by atoms with E-state index in [9.17, 15) is 4.79 Å². The fraction of sp³-hybridized carbons (Fsp3) is 0.143. The Bertz CT molecular complexity index is 555. The Morgan fingerprint density at radius 1 is 1.40 bits per heavy atom. The average molecular weight is 207 g/mol. The summed E-state index contributed by atoms with van der Waals surface area (Å²) in [6, 6.07) is 1.36. The zero-order chi connectivity index (χ0) is 11.0. The van der Waals surface area contributed by atoms with E-state index < -0.39 is 0 Å². The molecule has 0 unspecified atom stereocenters. The molecule has 0 aliphatic rings. The summed E-state index contributed by atoms with van der Waals surface area (Å²) in [5, 5.41) is 3.79. The third kappa shape index (κ3) is 1.64. The number of rotatable bonds is 1. The molecule has 0 aliphatic heterocycles. The number of H-pyrrole nitrogens is 1. The smallest absolute Gasteiger partial charge is 0.252 e. The van der Waals surface area contributed by atoms with Gasteiger partial charge in [0.1, 0.15) is 0 Å². The van der Waals surface area contributed by atoms with E-state index in [-0.39, 0.29) is 23.4 Å². The van der Waals surface area contributed by atoms with Crippen LogP contribution in [0.5, 0.6) is 0 Å². The Labute approximate surface area is 84.0 Å². The van der Waals surface area contributed by atoms with Crippen LogP contribution in [0.1, 0.15) is 5.69 Å². The van der Waals surface area contributed by atoms with Gasteiger partial charge in [0.25, 0.3) is 5.56 Å². The number of anilines is 2. The molecule has 0 bridgehead atoms. The monoisotopic (exact) mass is 207 g/mol. The van der Waals surface area contributed by atoms with E-state index in [0.717, 1.165) is 0 Å². The third-order valence-corrected chi connectivity index (χ3v) is 1.71. The second-order valence-corrected chi connectivity index (χ2v) is 2.95. The average Bonchev–Trinajstić information content (AvgIpc) is 2.43. The summed E-state index contributed by atoms with van der Waals surface area (Å²) < 4.78 is 1.17. The summed E-state index contributed by atoms with van der Waals surface area (Å²) in [6.45, 7) is 1.69. The van der Waals surface area contributed by atoms with E-state index in [2.05, 4.69) is 20.1 Å². The number of hydrogen-bond donors (Lipinski definition) is 3. The molecule has 0 saturated heterocycles. The van der Waals surface area contributed by atoms with E-state index in [4.69, 9.17) is 11.5 Å². The summed E-state index contributed by atoms with van der Waals surface area (Å²) in [5.41, 5.74) is 11.1. The molecule has 78 valence electrons. The Balaban J connectivity index is 2.63. The zero-order valence-corrected chi connectivity index (χ0v) is 7.93. The van der Waals surface area contributed by atoms with Gasteiger partial charge in [-0.3, -0.25) is 9.78 Å². The predicted molar refractivity (Wildman–Crippen MR) is 53.3 cm³/mol. The highest BCUT2D eigenvalue weighted by atomic mass is 16.1. The van der Waals surface area contributed by atoms with E-state index in [0.29, 0.717) is 5.69 Å². The number of nitrogens with two attached hydrogens (primary N) is 2. The maximum absolute atomic E-state index is 11.2. The van der Waals surface area contributed by atoms with Crippen LogP contribution in [0.25, 0.3) is 5.95 Å². The van der Waals surface area contributed by atoms with Crippen molar-refractivity contribution in [3.63, 3.8) is 0 Å². The number of nitrogens with one attached hydrogen (secondary N) is 1. The van der Waals surface area contributed by atoms with Gasteiger partial charge in [0.05, 0.1) is 0 Å². The van der Waals surface area contributed by atoms with Crippen LogP contribution in [-0.2, 0) is 0 Å². The molecule has 0 fully saturated rings. The van der Waals surface area contributed by atoms with Gasteiger partial charge in [-0.1, -0.05) is 0 Å². The first kappa shape index (κ1) is 9.19. The van der Waals surface area contributed by atoms with Gasteiger partial charge in [0.2, 0.25) is 17.8 Å². The van der Waals surface area contributed by atoms with Gasteiger partial charge >= 0.3 is 0 Å². The number of hydrogen-bond acceptors (Lipinski definition) is 6. The van der Waals surface area contributed by atoms with E-state index in [1.54, 1.807) is 6.92 Å². The second-order valence-electron chi connectivity index (χ2n) is 2.95. The van der Waals surface area contributed by atoms with Crippen LogP contribution >= 0.6 is 0 Å². The molecule has 0 amide bonds. The van der Waals surface area contributed by atoms with Crippen LogP contribution in [0.15, 0.2) is 10.9 Å². The van der Waals surface area contributed by atoms with Crippen molar-refractivity contribution in [2.45, 2.75) is 6.92 Å². The van der Waals surface area contributed by atoms with Crippen LogP contribution in [0.3, 0.4) is 0 Å². The van der Waals surface area contributed by atoms with Crippen molar-refractivity contribution in [1.82, 2.24) is 24.7 Å². The van der Waals surface area contributed by atoms with Crippen molar-refractivity contribution < 1.29 is 0 Å². The first-order chi connectivity index (χ1) is 7.06. The highest BCUT2D eigenvalue weighted by Crippen LogP contribution is 2.06. The van der Waals surface area contributed by atoms with Crippen molar-refractivity contribution >= 4 is 11.9 Å². The molecule has 8 nitrogen and oxygen atoms in total. The summed E-state index contributed by atoms with van der Waals surface area (Å²) in [5.74, 6) is 0.291. The lowest BCUT2D eigenvalue weighted by Gasteiger charge is -2.00. The molecule has 0 atom stereocenters. The molecule has 0 aromatic carbocycles. The molecule has 0 radical (unpaired) electrons. The fourth-order valence-corrected chi connectivity index (χ4v) is 1.16. The molecule has 0 aliphatic carbocycles. The van der Waals surface area contributed by atoms with E-state index in [1.165, 1.54) is 10.7 Å². The van der Waals surface area contributed by atoms with E-state index in [1.807, 2.05) is 0 Å². The molecule has 15 heavy (non-hydrogen) atoms. The van der Waals surface area contributed by atoms with Gasteiger partial charge in [-0.25, -0.2) is 4.98 Å². The minimum Gasteiger partial charge on any atom is -0.368 e. The van der Waals surface area contributed by atoms with Crippen LogP contribution in [0.4, 0.5) is 11.9 Å². The quantitative estimate of drug-likeness (QED) is 0.540. The lowest BCUT2D eigenvalue weighted by molar-refractivity contribution is 0.805. The number of aromatic amines is 1. The van der Waals surface area contributed by atoms with Crippen LogP contribution in [0, 0.1) is 6.92 Å². The molecule has 2 rings (SSSR count).